The number of esters is 1. The number of carbonyl (C=O) groups is 1. The molecular formula is C19H12Cl2O2. The second kappa shape index (κ2) is 6.86. The molecule has 0 bridgehead atoms. The van der Waals surface area contributed by atoms with Crippen molar-refractivity contribution in [1.29, 1.82) is 0 Å². The molecule has 0 unspecified atom stereocenters. The number of hydrogen-bond acceptors (Lipinski definition) is 2. The van der Waals surface area contributed by atoms with Crippen molar-refractivity contribution in [1.82, 2.24) is 0 Å². The van der Waals surface area contributed by atoms with Crippen molar-refractivity contribution in [2.24, 2.45) is 0 Å². The van der Waals surface area contributed by atoms with Gasteiger partial charge in [0.2, 0.25) is 0 Å². The summed E-state index contributed by atoms with van der Waals surface area (Å²) in [6, 6.07) is 21.8. The number of halogens is 2. The zero-order chi connectivity index (χ0) is 16.2. The van der Waals surface area contributed by atoms with Crippen LogP contribution in [-0.4, -0.2) is 5.97 Å². The van der Waals surface area contributed by atoms with E-state index in [4.69, 9.17) is 27.9 Å². The topological polar surface area (TPSA) is 26.3 Å². The largest absolute Gasteiger partial charge is 0.422 e. The normalized spacial score (nSPS) is 10.3. The molecule has 3 rings (SSSR count). The molecule has 3 aromatic rings. The van der Waals surface area contributed by atoms with Crippen LogP contribution < -0.4 is 4.74 Å². The summed E-state index contributed by atoms with van der Waals surface area (Å²) in [4.78, 5) is 12.4. The highest BCUT2D eigenvalue weighted by Gasteiger charge is 2.15. The van der Waals surface area contributed by atoms with E-state index in [1.165, 1.54) is 6.07 Å². The first kappa shape index (κ1) is 15.6. The smallest absolute Gasteiger partial charge is 0.345 e. The SMILES string of the molecule is O=C(Oc1ccccc1-c1ccccc1)c1ccc(Cl)cc1Cl. The van der Waals surface area contributed by atoms with E-state index in [0.29, 0.717) is 10.8 Å². The van der Waals surface area contributed by atoms with Crippen LogP contribution in [0.25, 0.3) is 11.1 Å². The second-order valence-electron chi connectivity index (χ2n) is 4.88. The molecule has 0 aliphatic carbocycles. The van der Waals surface area contributed by atoms with Gasteiger partial charge in [0.1, 0.15) is 5.75 Å². The van der Waals surface area contributed by atoms with Gasteiger partial charge in [0.05, 0.1) is 10.6 Å². The highest BCUT2D eigenvalue weighted by molar-refractivity contribution is 6.36. The monoisotopic (exact) mass is 342 g/mol. The van der Waals surface area contributed by atoms with Crippen molar-refractivity contribution < 1.29 is 9.53 Å². The Balaban J connectivity index is 1.93. The van der Waals surface area contributed by atoms with E-state index in [0.717, 1.165) is 11.1 Å². The van der Waals surface area contributed by atoms with Crippen molar-refractivity contribution in [3.63, 3.8) is 0 Å². The molecule has 0 aliphatic rings. The Morgan fingerprint density at radius 3 is 2.26 bits per heavy atom. The van der Waals surface area contributed by atoms with Gasteiger partial charge in [0.25, 0.3) is 0 Å². The Labute approximate surface area is 144 Å². The van der Waals surface area contributed by atoms with Crippen LogP contribution in [0.1, 0.15) is 10.4 Å². The van der Waals surface area contributed by atoms with Crippen LogP contribution in [-0.2, 0) is 0 Å². The van der Waals surface area contributed by atoms with Gasteiger partial charge in [-0.05, 0) is 29.8 Å². The van der Waals surface area contributed by atoms with Gasteiger partial charge in [-0.1, -0.05) is 71.7 Å². The Morgan fingerprint density at radius 1 is 0.826 bits per heavy atom. The summed E-state index contributed by atoms with van der Waals surface area (Å²) < 4.78 is 5.54. The van der Waals surface area contributed by atoms with E-state index in [9.17, 15) is 4.79 Å². The van der Waals surface area contributed by atoms with Gasteiger partial charge in [-0.25, -0.2) is 4.79 Å². The molecule has 4 heteroatoms. The van der Waals surface area contributed by atoms with E-state index in [2.05, 4.69) is 0 Å². The number of carbonyl (C=O) groups excluding carboxylic acids is 1. The minimum atomic E-state index is -0.518. The predicted octanol–water partition coefficient (Wildman–Crippen LogP) is 5.88. The van der Waals surface area contributed by atoms with Crippen molar-refractivity contribution in [3.05, 3.63) is 88.4 Å². The Kier molecular flexibility index (Phi) is 4.65. The number of rotatable bonds is 3. The molecule has 114 valence electrons. The van der Waals surface area contributed by atoms with Crippen LogP contribution in [0.15, 0.2) is 72.8 Å². The number of benzene rings is 3. The lowest BCUT2D eigenvalue weighted by molar-refractivity contribution is 0.0736. The fourth-order valence-corrected chi connectivity index (χ4v) is 2.71. The molecule has 2 nitrogen and oxygen atoms in total. The Morgan fingerprint density at radius 2 is 1.52 bits per heavy atom. The van der Waals surface area contributed by atoms with E-state index < -0.39 is 5.97 Å². The summed E-state index contributed by atoms with van der Waals surface area (Å²) >= 11 is 11.9. The second-order valence-corrected chi connectivity index (χ2v) is 5.72. The van der Waals surface area contributed by atoms with E-state index in [-0.39, 0.29) is 10.6 Å². The molecule has 0 aromatic heterocycles. The fourth-order valence-electron chi connectivity index (χ4n) is 2.22. The molecular weight excluding hydrogens is 331 g/mol. The Bertz CT molecular complexity index is 845. The average molecular weight is 343 g/mol. The summed E-state index contributed by atoms with van der Waals surface area (Å²) in [5.74, 6) is -0.0373. The first-order valence-electron chi connectivity index (χ1n) is 6.97. The number of hydrogen-bond donors (Lipinski definition) is 0. The van der Waals surface area contributed by atoms with E-state index in [1.54, 1.807) is 18.2 Å². The highest BCUT2D eigenvalue weighted by atomic mass is 35.5. The predicted molar refractivity (Wildman–Crippen MR) is 93.3 cm³/mol. The molecule has 3 aromatic carbocycles. The lowest BCUT2D eigenvalue weighted by atomic mass is 10.0. The van der Waals surface area contributed by atoms with Crippen LogP contribution in [0.5, 0.6) is 5.75 Å². The molecule has 0 aliphatic heterocycles. The molecule has 0 saturated heterocycles. The number of ether oxygens (including phenoxy) is 1. The van der Waals surface area contributed by atoms with Crippen LogP contribution >= 0.6 is 23.2 Å². The fraction of sp³-hybridized carbons (Fsp3) is 0. The lowest BCUT2D eigenvalue weighted by Gasteiger charge is -2.11. The molecule has 23 heavy (non-hydrogen) atoms. The zero-order valence-electron chi connectivity index (χ0n) is 12.0. The highest BCUT2D eigenvalue weighted by Crippen LogP contribution is 2.31. The molecule has 0 radical (unpaired) electrons. The molecule has 0 fully saturated rings. The summed E-state index contributed by atoms with van der Waals surface area (Å²) in [6.45, 7) is 0. The van der Waals surface area contributed by atoms with E-state index >= 15 is 0 Å². The molecule has 0 atom stereocenters. The van der Waals surface area contributed by atoms with E-state index in [1.807, 2.05) is 48.5 Å². The summed E-state index contributed by atoms with van der Waals surface area (Å²) in [7, 11) is 0. The first-order chi connectivity index (χ1) is 11.1. The number of para-hydroxylation sites is 1. The van der Waals surface area contributed by atoms with Crippen LogP contribution in [0, 0.1) is 0 Å². The molecule has 0 N–H and O–H groups in total. The molecule has 0 amide bonds. The molecule has 0 spiro atoms. The van der Waals surface area contributed by atoms with Gasteiger partial charge < -0.3 is 4.74 Å². The van der Waals surface area contributed by atoms with Gasteiger partial charge in [0, 0.05) is 10.6 Å². The van der Waals surface area contributed by atoms with Gasteiger partial charge in [-0.15, -0.1) is 0 Å². The van der Waals surface area contributed by atoms with Gasteiger partial charge in [0.15, 0.2) is 0 Å². The van der Waals surface area contributed by atoms with Crippen molar-refractivity contribution in [3.8, 4) is 16.9 Å². The standard InChI is InChI=1S/C19H12Cl2O2/c20-14-10-11-16(17(21)12-14)19(22)23-18-9-5-4-8-15(18)13-6-2-1-3-7-13/h1-12H. The molecule has 0 heterocycles. The minimum Gasteiger partial charge on any atom is -0.422 e. The zero-order valence-corrected chi connectivity index (χ0v) is 13.5. The Hall–Kier alpha value is -2.29. The first-order valence-corrected chi connectivity index (χ1v) is 7.72. The maximum Gasteiger partial charge on any atom is 0.345 e. The maximum atomic E-state index is 12.4. The third-order valence-electron chi connectivity index (χ3n) is 3.33. The van der Waals surface area contributed by atoms with Gasteiger partial charge in [-0.2, -0.15) is 0 Å². The van der Waals surface area contributed by atoms with Gasteiger partial charge >= 0.3 is 5.97 Å². The third kappa shape index (κ3) is 3.55. The summed E-state index contributed by atoms with van der Waals surface area (Å²) in [5, 5.41) is 0.732. The third-order valence-corrected chi connectivity index (χ3v) is 3.87. The average Bonchev–Trinajstić information content (AvgIpc) is 2.56. The van der Waals surface area contributed by atoms with Crippen molar-refractivity contribution in [2.45, 2.75) is 0 Å². The maximum absolute atomic E-state index is 12.4. The molecule has 0 saturated carbocycles. The van der Waals surface area contributed by atoms with Crippen LogP contribution in [0.4, 0.5) is 0 Å². The van der Waals surface area contributed by atoms with Crippen LogP contribution in [0.3, 0.4) is 0 Å². The summed E-state index contributed by atoms with van der Waals surface area (Å²) in [6.07, 6.45) is 0. The van der Waals surface area contributed by atoms with Crippen molar-refractivity contribution >= 4 is 29.2 Å². The van der Waals surface area contributed by atoms with Crippen molar-refractivity contribution in [2.75, 3.05) is 0 Å². The van der Waals surface area contributed by atoms with Crippen LogP contribution in [0.2, 0.25) is 10.0 Å². The quantitative estimate of drug-likeness (QED) is 0.438. The summed E-state index contributed by atoms with van der Waals surface area (Å²) in [5.41, 5.74) is 2.09. The van der Waals surface area contributed by atoms with Gasteiger partial charge in [-0.3, -0.25) is 0 Å². The lowest BCUT2D eigenvalue weighted by Crippen LogP contribution is -2.09. The minimum absolute atomic E-state index is 0.264.